The monoisotopic (exact) mass is 289 g/mol. The molecule has 3 nitrogen and oxygen atoms in total. The first-order chi connectivity index (χ1) is 9.53. The van der Waals surface area contributed by atoms with E-state index in [0.717, 1.165) is 24.6 Å². The van der Waals surface area contributed by atoms with Gasteiger partial charge in [-0.2, -0.15) is 0 Å². The summed E-state index contributed by atoms with van der Waals surface area (Å²) in [6, 6.07) is 4.38. The summed E-state index contributed by atoms with van der Waals surface area (Å²) in [7, 11) is 2.05. The lowest BCUT2D eigenvalue weighted by Crippen LogP contribution is -2.35. The van der Waals surface area contributed by atoms with Crippen LogP contribution in [-0.2, 0) is 12.0 Å². The average molecular weight is 289 g/mol. The minimum Gasteiger partial charge on any atom is -0.356 e. The highest BCUT2D eigenvalue weighted by molar-refractivity contribution is 5.43. The predicted octanol–water partition coefficient (Wildman–Crippen LogP) is 3.89. The van der Waals surface area contributed by atoms with Crippen molar-refractivity contribution in [1.29, 1.82) is 0 Å². The summed E-state index contributed by atoms with van der Waals surface area (Å²) in [5, 5.41) is 3.55. The smallest absolute Gasteiger partial charge is 0.129 e. The zero-order chi connectivity index (χ0) is 16.3. The summed E-state index contributed by atoms with van der Waals surface area (Å²) in [6.07, 6.45) is 1.90. The van der Waals surface area contributed by atoms with Gasteiger partial charge < -0.3 is 10.2 Å². The summed E-state index contributed by atoms with van der Waals surface area (Å²) < 4.78 is 0. The fourth-order valence-corrected chi connectivity index (χ4v) is 1.91. The van der Waals surface area contributed by atoms with Crippen LogP contribution >= 0.6 is 0 Å². The molecule has 0 saturated carbocycles. The van der Waals surface area contributed by atoms with Crippen LogP contribution in [0.25, 0.3) is 0 Å². The van der Waals surface area contributed by atoms with Crippen LogP contribution in [0.2, 0.25) is 0 Å². The fraction of sp³-hybridized carbons (Fsp3) is 0.611. The lowest BCUT2D eigenvalue weighted by molar-refractivity contribution is 0.423. The van der Waals surface area contributed by atoms with E-state index in [0.29, 0.717) is 0 Å². The van der Waals surface area contributed by atoms with Crippen molar-refractivity contribution in [3.8, 4) is 0 Å². The molecule has 1 N–H and O–H groups in total. The Hall–Kier alpha value is -1.35. The number of hydrogen-bond acceptors (Lipinski definition) is 3. The molecule has 0 amide bonds. The van der Waals surface area contributed by atoms with Crippen molar-refractivity contribution in [2.45, 2.75) is 59.0 Å². The minimum atomic E-state index is 0.0432. The minimum absolute atomic E-state index is 0.0432. The summed E-state index contributed by atoms with van der Waals surface area (Å²) in [4.78, 5) is 6.95. The quantitative estimate of drug-likeness (QED) is 0.834. The van der Waals surface area contributed by atoms with Gasteiger partial charge in [0.1, 0.15) is 5.82 Å². The van der Waals surface area contributed by atoms with Crippen molar-refractivity contribution < 1.29 is 0 Å². The molecule has 3 heteroatoms. The molecule has 0 spiro atoms. The molecule has 118 valence electrons. The van der Waals surface area contributed by atoms with Crippen LogP contribution in [0.4, 0.5) is 5.82 Å². The van der Waals surface area contributed by atoms with Gasteiger partial charge in [0.2, 0.25) is 0 Å². The SMILES string of the molecule is C=CCN(C)c1cc(CNC(C)(C)C)cc(C(C)(C)C)n1. The average Bonchev–Trinajstić information content (AvgIpc) is 2.34. The van der Waals surface area contributed by atoms with E-state index < -0.39 is 0 Å². The molecule has 21 heavy (non-hydrogen) atoms. The van der Waals surface area contributed by atoms with Gasteiger partial charge in [-0.3, -0.25) is 0 Å². The standard InChI is InChI=1S/C18H31N3/c1-9-10-21(8)16-12-14(13-19-18(5,6)7)11-15(20-16)17(2,3)4/h9,11-12,19H,1,10,13H2,2-8H3. The topological polar surface area (TPSA) is 28.2 Å². The number of anilines is 1. The van der Waals surface area contributed by atoms with Gasteiger partial charge in [0.05, 0.1) is 0 Å². The highest BCUT2D eigenvalue weighted by atomic mass is 15.2. The maximum atomic E-state index is 4.82. The van der Waals surface area contributed by atoms with Crippen molar-refractivity contribution in [3.05, 3.63) is 36.0 Å². The molecule has 1 aromatic heterocycles. The van der Waals surface area contributed by atoms with Crippen LogP contribution < -0.4 is 10.2 Å². The van der Waals surface area contributed by atoms with Gasteiger partial charge >= 0.3 is 0 Å². The van der Waals surface area contributed by atoms with Crippen LogP contribution in [0.1, 0.15) is 52.8 Å². The number of nitrogens with zero attached hydrogens (tertiary/aromatic N) is 2. The van der Waals surface area contributed by atoms with E-state index in [1.807, 2.05) is 6.08 Å². The Morgan fingerprint density at radius 2 is 1.81 bits per heavy atom. The van der Waals surface area contributed by atoms with Crippen molar-refractivity contribution in [3.63, 3.8) is 0 Å². The van der Waals surface area contributed by atoms with Gasteiger partial charge in [-0.1, -0.05) is 26.8 Å². The first-order valence-corrected chi connectivity index (χ1v) is 7.61. The Kier molecular flexibility index (Phi) is 5.57. The van der Waals surface area contributed by atoms with E-state index in [4.69, 9.17) is 4.98 Å². The number of rotatable bonds is 5. The van der Waals surface area contributed by atoms with Crippen LogP contribution in [0.3, 0.4) is 0 Å². The maximum Gasteiger partial charge on any atom is 0.129 e. The molecule has 0 radical (unpaired) electrons. The Morgan fingerprint density at radius 3 is 2.29 bits per heavy atom. The van der Waals surface area contributed by atoms with Gasteiger partial charge in [0, 0.05) is 36.8 Å². The normalized spacial score (nSPS) is 12.3. The molecule has 0 bridgehead atoms. The lowest BCUT2D eigenvalue weighted by Gasteiger charge is -2.25. The second-order valence-corrected chi connectivity index (χ2v) is 7.74. The van der Waals surface area contributed by atoms with Crippen LogP contribution in [-0.4, -0.2) is 24.1 Å². The second kappa shape index (κ2) is 6.61. The first kappa shape index (κ1) is 17.7. The van der Waals surface area contributed by atoms with E-state index in [1.165, 1.54) is 5.56 Å². The summed E-state index contributed by atoms with van der Waals surface area (Å²) in [5.74, 6) is 1.01. The van der Waals surface area contributed by atoms with Gasteiger partial charge in [-0.15, -0.1) is 6.58 Å². The highest BCUT2D eigenvalue weighted by Gasteiger charge is 2.18. The molecule has 1 heterocycles. The number of likely N-dealkylation sites (N-methyl/N-ethyl adjacent to an activating group) is 1. The van der Waals surface area contributed by atoms with Gasteiger partial charge in [-0.05, 0) is 38.5 Å². The molecular formula is C18H31N3. The maximum absolute atomic E-state index is 4.82. The van der Waals surface area contributed by atoms with Crippen LogP contribution in [0.15, 0.2) is 24.8 Å². The van der Waals surface area contributed by atoms with Crippen LogP contribution in [0.5, 0.6) is 0 Å². The van der Waals surface area contributed by atoms with E-state index in [9.17, 15) is 0 Å². The molecule has 1 rings (SSSR count). The summed E-state index contributed by atoms with van der Waals surface area (Å²) in [5.41, 5.74) is 2.55. The van der Waals surface area contributed by atoms with Crippen LogP contribution in [0, 0.1) is 0 Å². The van der Waals surface area contributed by atoms with E-state index in [1.54, 1.807) is 0 Å². The molecule has 0 atom stereocenters. The third kappa shape index (κ3) is 5.88. The van der Waals surface area contributed by atoms with E-state index in [-0.39, 0.29) is 11.0 Å². The van der Waals surface area contributed by atoms with E-state index in [2.05, 4.69) is 77.5 Å². The van der Waals surface area contributed by atoms with Gasteiger partial charge in [0.15, 0.2) is 0 Å². The number of pyridine rings is 1. The van der Waals surface area contributed by atoms with E-state index >= 15 is 0 Å². The van der Waals surface area contributed by atoms with Crippen molar-refractivity contribution in [2.24, 2.45) is 0 Å². The molecule has 0 aliphatic rings. The Morgan fingerprint density at radius 1 is 1.19 bits per heavy atom. The molecular weight excluding hydrogens is 258 g/mol. The summed E-state index contributed by atoms with van der Waals surface area (Å²) >= 11 is 0. The first-order valence-electron chi connectivity index (χ1n) is 7.61. The zero-order valence-electron chi connectivity index (χ0n) is 14.7. The predicted molar refractivity (Wildman–Crippen MR) is 93.0 cm³/mol. The number of nitrogens with one attached hydrogen (secondary N) is 1. The Labute approximate surface area is 130 Å². The van der Waals surface area contributed by atoms with Crippen molar-refractivity contribution >= 4 is 5.82 Å². The molecule has 0 fully saturated rings. The van der Waals surface area contributed by atoms with Gasteiger partial charge in [0.25, 0.3) is 0 Å². The molecule has 0 aliphatic carbocycles. The largest absolute Gasteiger partial charge is 0.356 e. The summed E-state index contributed by atoms with van der Waals surface area (Å²) in [6.45, 7) is 18.6. The molecule has 0 aromatic carbocycles. The van der Waals surface area contributed by atoms with Gasteiger partial charge in [-0.25, -0.2) is 4.98 Å². The zero-order valence-corrected chi connectivity index (χ0v) is 14.7. The lowest BCUT2D eigenvalue weighted by atomic mass is 9.90. The van der Waals surface area contributed by atoms with Crippen molar-refractivity contribution in [2.75, 3.05) is 18.5 Å². The molecule has 0 saturated heterocycles. The number of hydrogen-bond donors (Lipinski definition) is 1. The second-order valence-electron chi connectivity index (χ2n) is 7.74. The molecule has 1 aromatic rings. The third-order valence-electron chi connectivity index (χ3n) is 3.26. The van der Waals surface area contributed by atoms with Crippen molar-refractivity contribution in [1.82, 2.24) is 10.3 Å². The fourth-order valence-electron chi connectivity index (χ4n) is 1.91. The molecule has 0 aliphatic heterocycles. The third-order valence-corrected chi connectivity index (χ3v) is 3.26. The number of aromatic nitrogens is 1. The highest BCUT2D eigenvalue weighted by Crippen LogP contribution is 2.24. The molecule has 0 unspecified atom stereocenters. The Bertz CT molecular complexity index is 478. The Balaban J connectivity index is 3.12.